The zero-order chi connectivity index (χ0) is 11.0. The lowest BCUT2D eigenvalue weighted by Crippen LogP contribution is -1.87. The van der Waals surface area contributed by atoms with E-state index in [1.807, 2.05) is 24.3 Å². The Kier molecular flexibility index (Phi) is 2.13. The van der Waals surface area contributed by atoms with E-state index < -0.39 is 0 Å². The molecule has 0 saturated heterocycles. The maximum absolute atomic E-state index is 5.62. The van der Waals surface area contributed by atoms with E-state index in [9.17, 15) is 0 Å². The molecule has 1 aliphatic rings. The average molecular weight is 215 g/mol. The number of nitrogens with zero attached hydrogens (tertiary/aromatic N) is 2. The van der Waals surface area contributed by atoms with Crippen LogP contribution in [-0.2, 0) is 6.42 Å². The third kappa shape index (κ3) is 1.91. The van der Waals surface area contributed by atoms with Gasteiger partial charge in [0.1, 0.15) is 0 Å². The third-order valence-corrected chi connectivity index (χ3v) is 2.80. The normalized spacial score (nSPS) is 15.2. The summed E-state index contributed by atoms with van der Waals surface area (Å²) in [5.41, 5.74) is 7.31. The number of nitrogen functional groups attached to an aromatic ring is 1. The summed E-state index contributed by atoms with van der Waals surface area (Å²) in [5.74, 6) is 2.16. The van der Waals surface area contributed by atoms with Crippen LogP contribution >= 0.6 is 0 Å². The number of anilines is 1. The van der Waals surface area contributed by atoms with Crippen molar-refractivity contribution in [2.75, 3.05) is 5.73 Å². The van der Waals surface area contributed by atoms with Gasteiger partial charge in [0.15, 0.2) is 0 Å². The molecule has 3 rings (SSSR count). The van der Waals surface area contributed by atoms with Crippen LogP contribution in [0.3, 0.4) is 0 Å². The second-order valence-electron chi connectivity index (χ2n) is 4.28. The predicted octanol–water partition coefficient (Wildman–Crippen LogP) is 2.27. The highest BCUT2D eigenvalue weighted by Gasteiger charge is 2.24. The third-order valence-electron chi connectivity index (χ3n) is 2.80. The summed E-state index contributed by atoms with van der Waals surface area (Å²) in [6, 6.07) is 7.49. The molecule has 4 heteroatoms. The lowest BCUT2D eigenvalue weighted by Gasteiger charge is -1.94. The van der Waals surface area contributed by atoms with Gasteiger partial charge in [-0.15, -0.1) is 0 Å². The van der Waals surface area contributed by atoms with Crippen molar-refractivity contribution in [1.82, 2.24) is 10.1 Å². The van der Waals surface area contributed by atoms with Crippen LogP contribution in [0.25, 0.3) is 11.4 Å². The van der Waals surface area contributed by atoms with Crippen molar-refractivity contribution >= 4 is 5.69 Å². The molecule has 1 aromatic heterocycles. The van der Waals surface area contributed by atoms with Crippen LogP contribution in [0.2, 0.25) is 0 Å². The Bertz CT molecular complexity index is 485. The molecule has 82 valence electrons. The molecule has 1 fully saturated rings. The lowest BCUT2D eigenvalue weighted by molar-refractivity contribution is 0.373. The first-order chi connectivity index (χ1) is 7.81. The van der Waals surface area contributed by atoms with E-state index in [2.05, 4.69) is 10.1 Å². The van der Waals surface area contributed by atoms with Crippen molar-refractivity contribution in [2.45, 2.75) is 19.3 Å². The standard InChI is InChI=1S/C12H13N3O/c13-10-5-3-9(4-6-10)12-14-11(16-15-12)7-8-1-2-8/h3-6,8H,1-2,7,13H2. The molecule has 0 bridgehead atoms. The molecule has 4 nitrogen and oxygen atoms in total. The van der Waals surface area contributed by atoms with Crippen LogP contribution in [0.15, 0.2) is 28.8 Å². The summed E-state index contributed by atoms with van der Waals surface area (Å²) in [5, 5.41) is 3.97. The lowest BCUT2D eigenvalue weighted by atomic mass is 10.2. The van der Waals surface area contributed by atoms with Crippen molar-refractivity contribution in [3.05, 3.63) is 30.2 Å². The monoisotopic (exact) mass is 215 g/mol. The smallest absolute Gasteiger partial charge is 0.227 e. The van der Waals surface area contributed by atoms with Gasteiger partial charge in [-0.1, -0.05) is 5.16 Å². The second kappa shape index (κ2) is 3.63. The van der Waals surface area contributed by atoms with Crippen molar-refractivity contribution < 1.29 is 4.52 Å². The Hall–Kier alpha value is -1.84. The van der Waals surface area contributed by atoms with Crippen LogP contribution < -0.4 is 5.73 Å². The van der Waals surface area contributed by atoms with Gasteiger partial charge in [-0.25, -0.2) is 0 Å². The van der Waals surface area contributed by atoms with Crippen LogP contribution in [0.5, 0.6) is 0 Å². The summed E-state index contributed by atoms with van der Waals surface area (Å²) >= 11 is 0. The molecule has 0 atom stereocenters. The van der Waals surface area contributed by atoms with E-state index in [0.29, 0.717) is 5.82 Å². The predicted molar refractivity (Wildman–Crippen MR) is 60.6 cm³/mol. The highest BCUT2D eigenvalue weighted by molar-refractivity contribution is 5.57. The topological polar surface area (TPSA) is 64.9 Å². The van der Waals surface area contributed by atoms with Gasteiger partial charge in [0.05, 0.1) is 0 Å². The number of hydrogen-bond donors (Lipinski definition) is 1. The Morgan fingerprint density at radius 1 is 1.25 bits per heavy atom. The van der Waals surface area contributed by atoms with Gasteiger partial charge in [-0.3, -0.25) is 0 Å². The summed E-state index contributed by atoms with van der Waals surface area (Å²) in [4.78, 5) is 4.37. The maximum atomic E-state index is 5.62. The molecule has 1 aliphatic carbocycles. The molecule has 0 spiro atoms. The van der Waals surface area contributed by atoms with Gasteiger partial charge >= 0.3 is 0 Å². The fourth-order valence-corrected chi connectivity index (χ4v) is 1.66. The fraction of sp³-hybridized carbons (Fsp3) is 0.333. The van der Waals surface area contributed by atoms with E-state index in [-0.39, 0.29) is 0 Å². The molecule has 2 aromatic rings. The van der Waals surface area contributed by atoms with Crippen molar-refractivity contribution in [2.24, 2.45) is 5.92 Å². The Morgan fingerprint density at radius 2 is 2.00 bits per heavy atom. The minimum absolute atomic E-state index is 0.649. The molecule has 0 unspecified atom stereocenters. The van der Waals surface area contributed by atoms with Gasteiger partial charge in [0.25, 0.3) is 0 Å². The van der Waals surface area contributed by atoms with Crippen LogP contribution in [0, 0.1) is 5.92 Å². The number of hydrogen-bond acceptors (Lipinski definition) is 4. The van der Waals surface area contributed by atoms with Crippen molar-refractivity contribution in [3.8, 4) is 11.4 Å². The molecule has 16 heavy (non-hydrogen) atoms. The van der Waals surface area contributed by atoms with Gasteiger partial charge in [0.2, 0.25) is 11.7 Å². The fourth-order valence-electron chi connectivity index (χ4n) is 1.66. The summed E-state index contributed by atoms with van der Waals surface area (Å²) in [7, 11) is 0. The first-order valence-corrected chi connectivity index (χ1v) is 5.50. The van der Waals surface area contributed by atoms with Gasteiger partial charge in [-0.05, 0) is 43.0 Å². The molecule has 0 aliphatic heterocycles. The van der Waals surface area contributed by atoms with Crippen molar-refractivity contribution in [3.63, 3.8) is 0 Å². The summed E-state index contributed by atoms with van der Waals surface area (Å²) in [6.45, 7) is 0. The van der Waals surface area contributed by atoms with Crippen LogP contribution in [0.1, 0.15) is 18.7 Å². The second-order valence-corrected chi connectivity index (χ2v) is 4.28. The Labute approximate surface area is 93.5 Å². The molecule has 1 aromatic carbocycles. The first-order valence-electron chi connectivity index (χ1n) is 5.50. The molecular formula is C12H13N3O. The van der Waals surface area contributed by atoms with E-state index in [1.54, 1.807) is 0 Å². The zero-order valence-electron chi connectivity index (χ0n) is 8.89. The number of aromatic nitrogens is 2. The van der Waals surface area contributed by atoms with Gasteiger partial charge in [0, 0.05) is 17.7 Å². The molecule has 2 N–H and O–H groups in total. The van der Waals surface area contributed by atoms with Gasteiger partial charge < -0.3 is 10.3 Å². The minimum Gasteiger partial charge on any atom is -0.399 e. The molecule has 0 radical (unpaired) electrons. The molecule has 1 heterocycles. The highest BCUT2D eigenvalue weighted by atomic mass is 16.5. The highest BCUT2D eigenvalue weighted by Crippen LogP contribution is 2.32. The van der Waals surface area contributed by atoms with Crippen LogP contribution in [-0.4, -0.2) is 10.1 Å². The number of nitrogens with two attached hydrogens (primary N) is 1. The van der Waals surface area contributed by atoms with Crippen LogP contribution in [0.4, 0.5) is 5.69 Å². The SMILES string of the molecule is Nc1ccc(-c2noc(CC3CC3)n2)cc1. The average Bonchev–Trinajstić information content (AvgIpc) is 2.97. The Morgan fingerprint density at radius 3 is 2.69 bits per heavy atom. The van der Waals surface area contributed by atoms with Gasteiger partial charge in [-0.2, -0.15) is 4.98 Å². The number of rotatable bonds is 3. The van der Waals surface area contributed by atoms with E-state index >= 15 is 0 Å². The quantitative estimate of drug-likeness (QED) is 0.797. The minimum atomic E-state index is 0.649. The van der Waals surface area contributed by atoms with E-state index in [4.69, 9.17) is 10.3 Å². The molecule has 0 amide bonds. The van der Waals surface area contributed by atoms with E-state index in [1.165, 1.54) is 12.8 Å². The summed E-state index contributed by atoms with van der Waals surface area (Å²) < 4.78 is 5.21. The molecule has 1 saturated carbocycles. The Balaban J connectivity index is 1.82. The largest absolute Gasteiger partial charge is 0.399 e. The van der Waals surface area contributed by atoms with Crippen molar-refractivity contribution in [1.29, 1.82) is 0 Å². The maximum Gasteiger partial charge on any atom is 0.227 e. The number of benzene rings is 1. The first kappa shape index (κ1) is 9.39. The molecular weight excluding hydrogens is 202 g/mol. The zero-order valence-corrected chi connectivity index (χ0v) is 8.89. The summed E-state index contributed by atoms with van der Waals surface area (Å²) in [6.07, 6.45) is 3.50. The van der Waals surface area contributed by atoms with E-state index in [0.717, 1.165) is 29.5 Å².